The number of allylic oxidation sites excluding steroid dienone is 2. The Kier molecular flexibility index (Phi) is 2.73. The largest absolute Gasteiger partial charge is 0.497 e. The number of nitrogens with zero attached hydrogens (tertiary/aromatic N) is 2. The molecule has 4 heteroatoms. The first-order valence-corrected chi connectivity index (χ1v) is 5.04. The first kappa shape index (κ1) is 10.2. The maximum Gasteiger partial charge on any atom is 0.150 e. The van der Waals surface area contributed by atoms with Crippen LogP contribution in [0, 0.1) is 6.92 Å². The Morgan fingerprint density at radius 2 is 2.07 bits per heavy atom. The Hall–Kier alpha value is -1.35. The maximum atomic E-state index is 5.92. The summed E-state index contributed by atoms with van der Waals surface area (Å²) in [6.07, 6.45) is 6.63. The number of hydrogen-bond acceptors (Lipinski definition) is 3. The molecule has 1 aliphatic carbocycles. The second-order valence-electron chi connectivity index (χ2n) is 3.27. The van der Waals surface area contributed by atoms with Crippen molar-refractivity contribution in [3.63, 3.8) is 0 Å². The van der Waals surface area contributed by atoms with E-state index in [2.05, 4.69) is 9.97 Å². The molecule has 0 radical (unpaired) electrons. The highest BCUT2D eigenvalue weighted by Crippen LogP contribution is 2.05. The van der Waals surface area contributed by atoms with E-state index >= 15 is 0 Å². The van der Waals surface area contributed by atoms with Gasteiger partial charge >= 0.3 is 0 Å². The number of halogens is 1. The van der Waals surface area contributed by atoms with Crippen molar-refractivity contribution in [2.75, 3.05) is 7.11 Å². The highest BCUT2D eigenvalue weighted by Gasteiger charge is 2.02. The van der Waals surface area contributed by atoms with E-state index in [4.69, 9.17) is 16.3 Å². The third-order valence-electron chi connectivity index (χ3n) is 2.21. The van der Waals surface area contributed by atoms with Gasteiger partial charge in [-0.15, -0.1) is 0 Å². The van der Waals surface area contributed by atoms with Crippen molar-refractivity contribution in [1.82, 2.24) is 9.97 Å². The smallest absolute Gasteiger partial charge is 0.150 e. The van der Waals surface area contributed by atoms with Crippen LogP contribution >= 0.6 is 11.6 Å². The standard InChI is InChI=1S/C11H11ClN2O/c1-7-11(12)14-10-6-8(15-2)4-3-5-9(10)13-7/h4-6H,3H2,1-2H3. The van der Waals surface area contributed by atoms with Gasteiger partial charge in [0.25, 0.3) is 0 Å². The SMILES string of the molecule is COC1=CCC=c2nc(C)c(Cl)nc2=C1. The fraction of sp³-hybridized carbons (Fsp3) is 0.273. The van der Waals surface area contributed by atoms with Gasteiger partial charge in [0.15, 0.2) is 5.15 Å². The van der Waals surface area contributed by atoms with Crippen molar-refractivity contribution < 1.29 is 4.74 Å². The molecule has 0 amide bonds. The molecule has 0 N–H and O–H groups in total. The highest BCUT2D eigenvalue weighted by atomic mass is 35.5. The molecule has 0 saturated heterocycles. The van der Waals surface area contributed by atoms with Gasteiger partial charge in [-0.05, 0) is 19.4 Å². The van der Waals surface area contributed by atoms with Crippen LogP contribution in [0.4, 0.5) is 0 Å². The van der Waals surface area contributed by atoms with Crippen molar-refractivity contribution in [3.05, 3.63) is 33.4 Å². The van der Waals surface area contributed by atoms with E-state index in [9.17, 15) is 0 Å². The number of rotatable bonds is 1. The molecule has 15 heavy (non-hydrogen) atoms. The highest BCUT2D eigenvalue weighted by molar-refractivity contribution is 6.29. The molecule has 3 nitrogen and oxygen atoms in total. The molecule has 0 aliphatic heterocycles. The van der Waals surface area contributed by atoms with Crippen molar-refractivity contribution in [1.29, 1.82) is 0 Å². The lowest BCUT2D eigenvalue weighted by atomic mass is 10.3. The lowest BCUT2D eigenvalue weighted by molar-refractivity contribution is 0.312. The molecule has 0 atom stereocenters. The molecular formula is C11H11ClN2O. The molecule has 0 fully saturated rings. The van der Waals surface area contributed by atoms with Crippen LogP contribution < -0.4 is 10.7 Å². The number of ether oxygens (including phenoxy) is 1. The van der Waals surface area contributed by atoms with Crippen LogP contribution in [0.2, 0.25) is 5.15 Å². The summed E-state index contributed by atoms with van der Waals surface area (Å²) in [5.41, 5.74) is 0.751. The molecule has 1 aliphatic rings. The van der Waals surface area contributed by atoms with Crippen molar-refractivity contribution in [2.45, 2.75) is 13.3 Å². The van der Waals surface area contributed by atoms with Crippen LogP contribution in [0.1, 0.15) is 12.1 Å². The summed E-state index contributed by atoms with van der Waals surface area (Å²) in [4.78, 5) is 8.64. The maximum absolute atomic E-state index is 5.92. The van der Waals surface area contributed by atoms with E-state index in [-0.39, 0.29) is 0 Å². The Labute approximate surface area is 92.8 Å². The second-order valence-corrected chi connectivity index (χ2v) is 3.62. The van der Waals surface area contributed by atoms with Crippen LogP contribution in [0.3, 0.4) is 0 Å². The number of methoxy groups -OCH3 is 1. The van der Waals surface area contributed by atoms with E-state index in [0.717, 1.165) is 28.6 Å². The number of aryl methyl sites for hydroxylation is 1. The average Bonchev–Trinajstić information content (AvgIpc) is 2.41. The minimum atomic E-state index is 0.441. The Morgan fingerprint density at radius 1 is 1.27 bits per heavy atom. The average molecular weight is 223 g/mol. The predicted octanol–water partition coefficient (Wildman–Crippen LogP) is 0.933. The van der Waals surface area contributed by atoms with E-state index in [1.165, 1.54) is 0 Å². The van der Waals surface area contributed by atoms with Crippen LogP contribution in [0.15, 0.2) is 11.8 Å². The summed E-state index contributed by atoms with van der Waals surface area (Å²) in [5, 5.41) is 2.06. The summed E-state index contributed by atoms with van der Waals surface area (Å²) in [6.45, 7) is 1.85. The monoisotopic (exact) mass is 222 g/mol. The van der Waals surface area contributed by atoms with Gasteiger partial charge < -0.3 is 4.74 Å². The Morgan fingerprint density at radius 3 is 2.80 bits per heavy atom. The molecule has 1 heterocycles. The molecular weight excluding hydrogens is 212 g/mol. The van der Waals surface area contributed by atoms with Crippen molar-refractivity contribution in [2.24, 2.45) is 0 Å². The molecule has 2 rings (SSSR count). The zero-order valence-corrected chi connectivity index (χ0v) is 9.38. The van der Waals surface area contributed by atoms with Crippen LogP contribution in [0.5, 0.6) is 0 Å². The quantitative estimate of drug-likeness (QED) is 0.709. The molecule has 78 valence electrons. The van der Waals surface area contributed by atoms with Gasteiger partial charge in [-0.1, -0.05) is 17.7 Å². The molecule has 0 bridgehead atoms. The number of hydrogen-bond donors (Lipinski definition) is 0. The fourth-order valence-corrected chi connectivity index (χ4v) is 1.54. The van der Waals surface area contributed by atoms with Gasteiger partial charge in [0.2, 0.25) is 0 Å². The molecule has 1 aromatic rings. The summed E-state index contributed by atoms with van der Waals surface area (Å²) >= 11 is 5.92. The van der Waals surface area contributed by atoms with Crippen molar-refractivity contribution >= 4 is 23.8 Å². The van der Waals surface area contributed by atoms with E-state index in [1.54, 1.807) is 7.11 Å². The van der Waals surface area contributed by atoms with Gasteiger partial charge in [0.1, 0.15) is 5.76 Å². The molecule has 0 saturated carbocycles. The van der Waals surface area contributed by atoms with Crippen molar-refractivity contribution in [3.8, 4) is 0 Å². The minimum absolute atomic E-state index is 0.441. The summed E-state index contributed by atoms with van der Waals surface area (Å²) < 4.78 is 5.17. The Bertz CT molecular complexity index is 534. The number of fused-ring (bicyclic) bond motifs is 1. The van der Waals surface area contributed by atoms with Gasteiger partial charge in [-0.3, -0.25) is 0 Å². The molecule has 1 aromatic heterocycles. The lowest BCUT2D eigenvalue weighted by Crippen LogP contribution is -2.32. The Balaban J connectivity index is 2.70. The van der Waals surface area contributed by atoms with Crippen LogP contribution in [-0.2, 0) is 4.74 Å². The van der Waals surface area contributed by atoms with Crippen LogP contribution in [0.25, 0.3) is 12.2 Å². The number of aromatic nitrogens is 2. The van der Waals surface area contributed by atoms with E-state index in [0.29, 0.717) is 5.15 Å². The lowest BCUT2D eigenvalue weighted by Gasteiger charge is -1.98. The summed E-state index contributed by atoms with van der Waals surface area (Å²) in [7, 11) is 1.64. The minimum Gasteiger partial charge on any atom is -0.497 e. The molecule has 0 aromatic carbocycles. The van der Waals surface area contributed by atoms with Gasteiger partial charge in [-0.25, -0.2) is 9.97 Å². The third kappa shape index (κ3) is 2.02. The van der Waals surface area contributed by atoms with Gasteiger partial charge in [-0.2, -0.15) is 0 Å². The van der Waals surface area contributed by atoms with E-state index in [1.807, 2.05) is 25.2 Å². The summed E-state index contributed by atoms with van der Waals surface area (Å²) in [6, 6.07) is 0. The summed E-state index contributed by atoms with van der Waals surface area (Å²) in [5.74, 6) is 0.791. The van der Waals surface area contributed by atoms with Crippen LogP contribution in [-0.4, -0.2) is 17.1 Å². The zero-order valence-electron chi connectivity index (χ0n) is 8.62. The molecule has 0 spiro atoms. The normalized spacial score (nSPS) is 14.2. The molecule has 0 unspecified atom stereocenters. The topological polar surface area (TPSA) is 35.0 Å². The second kappa shape index (κ2) is 4.03. The predicted molar refractivity (Wildman–Crippen MR) is 59.7 cm³/mol. The van der Waals surface area contributed by atoms with Gasteiger partial charge in [0, 0.05) is 6.08 Å². The first-order valence-electron chi connectivity index (χ1n) is 4.67. The van der Waals surface area contributed by atoms with E-state index < -0.39 is 0 Å². The van der Waals surface area contributed by atoms with Gasteiger partial charge in [0.05, 0.1) is 23.5 Å². The fourth-order valence-electron chi connectivity index (χ4n) is 1.41. The zero-order chi connectivity index (χ0) is 10.8. The first-order chi connectivity index (χ1) is 7.20. The third-order valence-corrected chi connectivity index (χ3v) is 2.57.